The molecule has 3 aromatic rings. The molecule has 3 amide bonds. The fourth-order valence-corrected chi connectivity index (χ4v) is 4.49. The van der Waals surface area contributed by atoms with E-state index < -0.39 is 12.6 Å². The van der Waals surface area contributed by atoms with Gasteiger partial charge in [-0.25, -0.2) is 27.7 Å². The van der Waals surface area contributed by atoms with Crippen LogP contribution in [0.15, 0.2) is 23.1 Å². The van der Waals surface area contributed by atoms with E-state index in [9.17, 15) is 31.5 Å². The van der Waals surface area contributed by atoms with Crippen LogP contribution in [0, 0.1) is 0 Å². The molecule has 2 aliphatic carbocycles. The van der Waals surface area contributed by atoms with Crippen molar-refractivity contribution in [1.29, 1.82) is 0 Å². The molecule has 3 fully saturated rings. The second kappa shape index (κ2) is 13.7. The van der Waals surface area contributed by atoms with E-state index in [-0.39, 0.29) is 42.9 Å². The molecule has 4 heterocycles. The summed E-state index contributed by atoms with van der Waals surface area (Å²) in [5.41, 5.74) is 3.11. The van der Waals surface area contributed by atoms with Crippen LogP contribution in [0.5, 0.6) is 0 Å². The standard InChI is InChI=1S/C18H20N8O3.C6H10F2.CHF3/c27-17(16-15(12-2-3-12)23-29-24-16)20-8-13-10-26-14(22-13)6-11(7-21-26)9-25-5-1-4-19-18(25)28;7-6(8)4-2-1-3-5-6;2-1(3)4/h6-7,10,12H,1-5,8-9H2,(H,19,28)(H,20,27);1-5H2;1H. The van der Waals surface area contributed by atoms with Crippen molar-refractivity contribution in [2.75, 3.05) is 13.1 Å². The normalized spacial score (nSPS) is 18.2. The van der Waals surface area contributed by atoms with Crippen molar-refractivity contribution >= 4 is 17.6 Å². The Morgan fingerprint density at radius 2 is 1.88 bits per heavy atom. The van der Waals surface area contributed by atoms with Crippen LogP contribution in [0.1, 0.15) is 84.7 Å². The largest absolute Gasteiger partial charge is 0.379 e. The minimum Gasteiger partial charge on any atom is -0.345 e. The quantitative estimate of drug-likeness (QED) is 0.404. The molecular formula is C25H31F5N8O3. The smallest absolute Gasteiger partial charge is 0.345 e. The number of amides is 3. The van der Waals surface area contributed by atoms with Crippen molar-refractivity contribution in [2.24, 2.45) is 0 Å². The van der Waals surface area contributed by atoms with E-state index in [1.54, 1.807) is 21.8 Å². The molecule has 3 aromatic heterocycles. The fraction of sp³-hybridized carbons (Fsp3) is 0.600. The van der Waals surface area contributed by atoms with Crippen LogP contribution < -0.4 is 10.6 Å². The lowest BCUT2D eigenvalue weighted by molar-refractivity contribution is -0.0337. The number of rotatable bonds is 6. The van der Waals surface area contributed by atoms with Crippen LogP contribution in [-0.2, 0) is 13.1 Å². The minimum atomic E-state index is -3.67. The average Bonchev–Trinajstić information content (AvgIpc) is 3.49. The van der Waals surface area contributed by atoms with Crippen molar-refractivity contribution in [1.82, 2.24) is 40.4 Å². The Balaban J connectivity index is 0.000000270. The zero-order chi connectivity index (χ0) is 29.4. The predicted octanol–water partition coefficient (Wildman–Crippen LogP) is 4.60. The van der Waals surface area contributed by atoms with E-state index in [1.807, 2.05) is 6.07 Å². The number of hydrogen-bond donors (Lipinski definition) is 2. The molecule has 2 N–H and O–H groups in total. The number of aromatic nitrogens is 5. The van der Waals surface area contributed by atoms with Crippen LogP contribution >= 0.6 is 0 Å². The molecule has 2 saturated carbocycles. The summed E-state index contributed by atoms with van der Waals surface area (Å²) in [6.07, 6.45) is 9.09. The van der Waals surface area contributed by atoms with E-state index in [1.165, 1.54) is 0 Å². The van der Waals surface area contributed by atoms with Crippen LogP contribution in [-0.4, -0.2) is 67.4 Å². The van der Waals surface area contributed by atoms with Gasteiger partial charge in [0.05, 0.1) is 24.6 Å². The van der Waals surface area contributed by atoms with Gasteiger partial charge >= 0.3 is 12.7 Å². The molecule has 1 saturated heterocycles. The minimum absolute atomic E-state index is 0.0595. The lowest BCUT2D eigenvalue weighted by Gasteiger charge is -2.27. The molecule has 3 aliphatic rings. The monoisotopic (exact) mass is 586 g/mol. The molecule has 224 valence electrons. The summed E-state index contributed by atoms with van der Waals surface area (Å²) < 4.78 is 59.8. The maximum Gasteiger partial charge on any atom is 0.379 e. The molecule has 0 bridgehead atoms. The Morgan fingerprint density at radius 1 is 1.15 bits per heavy atom. The second-order valence-corrected chi connectivity index (χ2v) is 10.0. The van der Waals surface area contributed by atoms with Crippen molar-refractivity contribution in [3.63, 3.8) is 0 Å². The summed E-state index contributed by atoms with van der Waals surface area (Å²) >= 11 is 0. The van der Waals surface area contributed by atoms with E-state index in [4.69, 9.17) is 4.63 Å². The summed E-state index contributed by atoms with van der Waals surface area (Å²) in [6, 6.07) is 1.84. The van der Waals surface area contributed by atoms with Crippen molar-refractivity contribution in [3.8, 4) is 0 Å². The van der Waals surface area contributed by atoms with Gasteiger partial charge in [-0.2, -0.15) is 18.3 Å². The lowest BCUT2D eigenvalue weighted by Crippen LogP contribution is -2.45. The maximum absolute atomic E-state index is 12.4. The van der Waals surface area contributed by atoms with Gasteiger partial charge in [0.1, 0.15) is 5.69 Å². The van der Waals surface area contributed by atoms with Crippen LogP contribution in [0.3, 0.4) is 0 Å². The van der Waals surface area contributed by atoms with Gasteiger partial charge in [-0.15, -0.1) is 0 Å². The summed E-state index contributed by atoms with van der Waals surface area (Å²) in [4.78, 5) is 30.6. The SMILES string of the molecule is FC(F)F.FC1(F)CCCCC1.O=C(NCc1cn2ncc(CN3CCCNC3=O)cc2n1)c1nonc1C1CC1. The molecule has 41 heavy (non-hydrogen) atoms. The number of carbonyl (C=O) groups is 2. The van der Waals surface area contributed by atoms with Gasteiger partial charge < -0.3 is 15.5 Å². The lowest BCUT2D eigenvalue weighted by atomic mass is 9.97. The van der Waals surface area contributed by atoms with Crippen LogP contribution in [0.2, 0.25) is 0 Å². The zero-order valence-electron chi connectivity index (χ0n) is 22.2. The number of carbonyl (C=O) groups excluding carboxylic acids is 2. The molecule has 16 heteroatoms. The van der Waals surface area contributed by atoms with Gasteiger partial charge in [0, 0.05) is 38.4 Å². The van der Waals surface area contributed by atoms with E-state index in [0.29, 0.717) is 43.0 Å². The predicted molar refractivity (Wildman–Crippen MR) is 134 cm³/mol. The molecule has 1 aliphatic heterocycles. The molecular weight excluding hydrogens is 555 g/mol. The van der Waals surface area contributed by atoms with Gasteiger partial charge in [-0.1, -0.05) is 11.6 Å². The first-order valence-corrected chi connectivity index (χ1v) is 13.4. The molecule has 0 radical (unpaired) electrons. The molecule has 11 nitrogen and oxygen atoms in total. The Morgan fingerprint density at radius 3 is 2.51 bits per heavy atom. The first-order chi connectivity index (χ1) is 19.6. The number of nitrogens with one attached hydrogen (secondary N) is 2. The Kier molecular flexibility index (Phi) is 10.0. The Labute approximate surface area is 231 Å². The number of alkyl halides is 5. The number of halogens is 5. The highest BCUT2D eigenvalue weighted by Gasteiger charge is 2.33. The topological polar surface area (TPSA) is 131 Å². The van der Waals surface area contributed by atoms with Gasteiger partial charge in [0.25, 0.3) is 5.91 Å². The molecule has 0 unspecified atom stereocenters. The van der Waals surface area contributed by atoms with Crippen molar-refractivity contribution in [3.05, 3.63) is 41.1 Å². The zero-order valence-corrected chi connectivity index (χ0v) is 22.2. The summed E-state index contributed by atoms with van der Waals surface area (Å²) in [6.45, 7) is -1.50. The fourth-order valence-electron chi connectivity index (χ4n) is 4.49. The summed E-state index contributed by atoms with van der Waals surface area (Å²) in [5, 5.41) is 17.6. The highest BCUT2D eigenvalue weighted by atomic mass is 19.4. The van der Waals surface area contributed by atoms with Gasteiger partial charge in [0.2, 0.25) is 5.92 Å². The van der Waals surface area contributed by atoms with E-state index in [0.717, 1.165) is 37.8 Å². The first-order valence-electron chi connectivity index (χ1n) is 13.4. The molecule has 0 aromatic carbocycles. The third-order valence-corrected chi connectivity index (χ3v) is 6.68. The van der Waals surface area contributed by atoms with Crippen LogP contribution in [0.4, 0.5) is 26.7 Å². The molecule has 6 rings (SSSR count). The molecule has 0 atom stereocenters. The number of imidazole rings is 1. The van der Waals surface area contributed by atoms with Gasteiger partial charge in [-0.3, -0.25) is 4.79 Å². The highest BCUT2D eigenvalue weighted by Crippen LogP contribution is 2.40. The van der Waals surface area contributed by atoms with Gasteiger partial charge in [-0.05, 0) is 48.9 Å². The number of fused-ring (bicyclic) bond motifs is 1. The average molecular weight is 587 g/mol. The number of nitrogens with zero attached hydrogens (tertiary/aromatic N) is 6. The third-order valence-electron chi connectivity index (χ3n) is 6.68. The maximum atomic E-state index is 12.4. The molecule has 0 spiro atoms. The van der Waals surface area contributed by atoms with Crippen molar-refractivity contribution in [2.45, 2.75) is 83.0 Å². The Bertz CT molecular complexity index is 1300. The second-order valence-electron chi connectivity index (χ2n) is 10.0. The van der Waals surface area contributed by atoms with E-state index >= 15 is 0 Å². The Hall–Kier alpha value is -3.85. The number of urea groups is 1. The summed E-state index contributed by atoms with van der Waals surface area (Å²) in [5.74, 6) is -2.37. The number of hydrogen-bond acceptors (Lipinski definition) is 7. The van der Waals surface area contributed by atoms with Crippen molar-refractivity contribution < 1.29 is 36.2 Å². The third kappa shape index (κ3) is 9.08. The first kappa shape index (κ1) is 30.1. The van der Waals surface area contributed by atoms with E-state index in [2.05, 4.69) is 31.0 Å². The van der Waals surface area contributed by atoms with Gasteiger partial charge in [0.15, 0.2) is 11.3 Å². The van der Waals surface area contributed by atoms with Crippen LogP contribution in [0.25, 0.3) is 5.65 Å². The highest BCUT2D eigenvalue weighted by molar-refractivity contribution is 5.93. The summed E-state index contributed by atoms with van der Waals surface area (Å²) in [7, 11) is 0.